The zero-order valence-corrected chi connectivity index (χ0v) is 12.2. The molecule has 9 heteroatoms. The molecule has 0 unspecified atom stereocenters. The fraction of sp³-hybridized carbons (Fsp3) is 0.417. The summed E-state index contributed by atoms with van der Waals surface area (Å²) >= 11 is 0. The average molecular weight is 323 g/mol. The lowest BCUT2D eigenvalue weighted by Gasteiger charge is -2.17. The number of ether oxygens (including phenoxy) is 1. The lowest BCUT2D eigenvalue weighted by molar-refractivity contribution is 0.0692. The molecule has 0 amide bonds. The molecule has 0 aliphatic rings. The molecule has 1 N–H and O–H groups in total. The van der Waals surface area contributed by atoms with E-state index in [0.29, 0.717) is 4.31 Å². The molecule has 21 heavy (non-hydrogen) atoms. The Bertz CT molecular complexity index is 618. The third-order valence-electron chi connectivity index (χ3n) is 2.58. The molecule has 0 aliphatic carbocycles. The number of alkyl halides is 2. The fourth-order valence-electron chi connectivity index (χ4n) is 1.59. The lowest BCUT2D eigenvalue weighted by atomic mass is 10.2. The summed E-state index contributed by atoms with van der Waals surface area (Å²) in [6.07, 6.45) is -2.83. The van der Waals surface area contributed by atoms with Crippen molar-refractivity contribution >= 4 is 16.0 Å². The maximum absolute atomic E-state index is 12.3. The predicted molar refractivity (Wildman–Crippen MR) is 70.4 cm³/mol. The van der Waals surface area contributed by atoms with Crippen LogP contribution in [0.15, 0.2) is 23.1 Å². The van der Waals surface area contributed by atoms with Gasteiger partial charge in [0.1, 0.15) is 11.3 Å². The highest BCUT2D eigenvalue weighted by atomic mass is 32.2. The molecule has 0 saturated carbocycles. The second kappa shape index (κ2) is 6.81. The number of carbonyl (C=O) groups is 1. The number of carboxylic acid groups (broad SMARTS) is 1. The number of hydrogen-bond acceptors (Lipinski definition) is 4. The Balaban J connectivity index is 3.25. The van der Waals surface area contributed by atoms with Gasteiger partial charge in [0.25, 0.3) is 6.43 Å². The topological polar surface area (TPSA) is 83.9 Å². The van der Waals surface area contributed by atoms with Crippen molar-refractivity contribution in [3.8, 4) is 5.75 Å². The minimum absolute atomic E-state index is 0.0143. The van der Waals surface area contributed by atoms with E-state index in [4.69, 9.17) is 9.84 Å². The number of carboxylic acids is 1. The molecule has 0 fully saturated rings. The zero-order valence-electron chi connectivity index (χ0n) is 11.4. The van der Waals surface area contributed by atoms with Gasteiger partial charge in [0.2, 0.25) is 10.0 Å². The molecular weight excluding hydrogens is 308 g/mol. The van der Waals surface area contributed by atoms with Gasteiger partial charge in [0.15, 0.2) is 0 Å². The summed E-state index contributed by atoms with van der Waals surface area (Å²) in [7, 11) is -3.19. The first-order chi connectivity index (χ1) is 9.70. The summed E-state index contributed by atoms with van der Waals surface area (Å²) in [4.78, 5) is 10.7. The van der Waals surface area contributed by atoms with E-state index in [1.54, 1.807) is 6.92 Å². The van der Waals surface area contributed by atoms with Crippen molar-refractivity contribution < 1.29 is 31.8 Å². The molecule has 0 aliphatic heterocycles. The Morgan fingerprint density at radius 2 is 2.05 bits per heavy atom. The third kappa shape index (κ3) is 4.11. The first-order valence-electron chi connectivity index (χ1n) is 5.94. The number of nitrogens with zero attached hydrogens (tertiary/aromatic N) is 1. The molecule has 6 nitrogen and oxygen atoms in total. The van der Waals surface area contributed by atoms with Gasteiger partial charge >= 0.3 is 5.97 Å². The first kappa shape index (κ1) is 17.3. The lowest BCUT2D eigenvalue weighted by Crippen LogP contribution is -2.31. The minimum Gasteiger partial charge on any atom is -0.493 e. The van der Waals surface area contributed by atoms with E-state index in [1.165, 1.54) is 6.07 Å². The van der Waals surface area contributed by atoms with E-state index in [-0.39, 0.29) is 22.8 Å². The SMILES string of the molecule is CCOc1ccc(S(=O)(=O)N(C)CC(F)F)cc1C(=O)O. The van der Waals surface area contributed by atoms with Gasteiger partial charge < -0.3 is 9.84 Å². The monoisotopic (exact) mass is 323 g/mol. The van der Waals surface area contributed by atoms with Gasteiger partial charge in [0.05, 0.1) is 18.0 Å². The molecule has 0 heterocycles. The number of benzene rings is 1. The molecule has 0 saturated heterocycles. The molecule has 1 aromatic carbocycles. The minimum atomic E-state index is -4.19. The normalized spacial score (nSPS) is 11.9. The fourth-order valence-corrected chi connectivity index (χ4v) is 2.77. The van der Waals surface area contributed by atoms with Gasteiger partial charge in [-0.25, -0.2) is 22.0 Å². The maximum atomic E-state index is 12.3. The Labute approximate surface area is 121 Å². The Hall–Kier alpha value is -1.74. The standard InChI is InChI=1S/C12H15F2NO5S/c1-3-20-10-5-4-8(6-9(10)12(16)17)21(18,19)15(2)7-11(13)14/h4-6,11H,3,7H2,1-2H3,(H,16,17). The predicted octanol–water partition coefficient (Wildman–Crippen LogP) is 1.67. The molecule has 1 aromatic rings. The van der Waals surface area contributed by atoms with Crippen LogP contribution in [0.5, 0.6) is 5.75 Å². The summed E-state index contributed by atoms with van der Waals surface area (Å²) in [5, 5.41) is 9.06. The summed E-state index contributed by atoms with van der Waals surface area (Å²) < 4.78 is 54.3. The van der Waals surface area contributed by atoms with Crippen LogP contribution in [-0.2, 0) is 10.0 Å². The van der Waals surface area contributed by atoms with Crippen LogP contribution in [0, 0.1) is 0 Å². The summed E-state index contributed by atoms with van der Waals surface area (Å²) in [6, 6.07) is 3.20. The molecule has 0 atom stereocenters. The van der Waals surface area contributed by atoms with Crippen LogP contribution in [0.2, 0.25) is 0 Å². The number of sulfonamides is 1. The van der Waals surface area contributed by atoms with Crippen molar-refractivity contribution in [2.24, 2.45) is 0 Å². The van der Waals surface area contributed by atoms with Crippen LogP contribution < -0.4 is 4.74 Å². The Kier molecular flexibility index (Phi) is 5.62. The van der Waals surface area contributed by atoms with E-state index in [9.17, 15) is 22.0 Å². The summed E-state index contributed by atoms with van der Waals surface area (Å²) in [5.74, 6) is -1.35. The van der Waals surface area contributed by atoms with Crippen molar-refractivity contribution in [1.82, 2.24) is 4.31 Å². The number of rotatable bonds is 7. The second-order valence-electron chi connectivity index (χ2n) is 4.07. The van der Waals surface area contributed by atoms with Gasteiger partial charge in [-0.15, -0.1) is 0 Å². The quantitative estimate of drug-likeness (QED) is 0.825. The van der Waals surface area contributed by atoms with Crippen molar-refractivity contribution in [2.75, 3.05) is 20.2 Å². The number of aromatic carboxylic acids is 1. The smallest absolute Gasteiger partial charge is 0.339 e. The van der Waals surface area contributed by atoms with E-state index in [2.05, 4.69) is 0 Å². The van der Waals surface area contributed by atoms with Gasteiger partial charge in [-0.1, -0.05) is 0 Å². The van der Waals surface area contributed by atoms with Crippen LogP contribution in [0.25, 0.3) is 0 Å². The van der Waals surface area contributed by atoms with Crippen LogP contribution >= 0.6 is 0 Å². The van der Waals surface area contributed by atoms with Gasteiger partial charge in [0, 0.05) is 7.05 Å². The largest absolute Gasteiger partial charge is 0.493 e. The van der Waals surface area contributed by atoms with E-state index in [1.807, 2.05) is 0 Å². The van der Waals surface area contributed by atoms with Gasteiger partial charge in [-0.05, 0) is 25.1 Å². The molecule has 0 aromatic heterocycles. The van der Waals surface area contributed by atoms with Crippen molar-refractivity contribution in [1.29, 1.82) is 0 Å². The van der Waals surface area contributed by atoms with Gasteiger partial charge in [-0.3, -0.25) is 0 Å². The van der Waals surface area contributed by atoms with Crippen molar-refractivity contribution in [3.05, 3.63) is 23.8 Å². The van der Waals surface area contributed by atoms with Crippen LogP contribution in [-0.4, -0.2) is 50.4 Å². The van der Waals surface area contributed by atoms with Crippen molar-refractivity contribution in [3.63, 3.8) is 0 Å². The molecular formula is C12H15F2NO5S. The third-order valence-corrected chi connectivity index (χ3v) is 4.40. The number of halogens is 2. The van der Waals surface area contributed by atoms with E-state index in [0.717, 1.165) is 19.2 Å². The van der Waals surface area contributed by atoms with E-state index >= 15 is 0 Å². The molecule has 118 valence electrons. The first-order valence-corrected chi connectivity index (χ1v) is 7.38. The summed E-state index contributed by atoms with van der Waals surface area (Å²) in [5.41, 5.74) is -0.344. The van der Waals surface area contributed by atoms with Crippen LogP contribution in [0.4, 0.5) is 8.78 Å². The second-order valence-corrected chi connectivity index (χ2v) is 6.12. The highest BCUT2D eigenvalue weighted by Gasteiger charge is 2.25. The maximum Gasteiger partial charge on any atom is 0.339 e. The highest BCUT2D eigenvalue weighted by molar-refractivity contribution is 7.89. The van der Waals surface area contributed by atoms with Crippen LogP contribution in [0.1, 0.15) is 17.3 Å². The summed E-state index contributed by atoms with van der Waals surface area (Å²) in [6.45, 7) is 0.877. The molecule has 0 radical (unpaired) electrons. The van der Waals surface area contributed by atoms with Crippen molar-refractivity contribution in [2.45, 2.75) is 18.2 Å². The zero-order chi connectivity index (χ0) is 16.2. The van der Waals surface area contributed by atoms with E-state index < -0.39 is 29.0 Å². The Morgan fingerprint density at radius 3 is 2.52 bits per heavy atom. The molecule has 1 rings (SSSR count). The average Bonchev–Trinajstić information content (AvgIpc) is 2.38. The molecule has 0 spiro atoms. The van der Waals surface area contributed by atoms with Gasteiger partial charge in [-0.2, -0.15) is 4.31 Å². The van der Waals surface area contributed by atoms with Crippen LogP contribution in [0.3, 0.4) is 0 Å². The number of hydrogen-bond donors (Lipinski definition) is 1. The Morgan fingerprint density at radius 1 is 1.43 bits per heavy atom. The highest BCUT2D eigenvalue weighted by Crippen LogP contribution is 2.24. The molecule has 0 bridgehead atoms.